The lowest BCUT2D eigenvalue weighted by atomic mass is 9.70. The standard InChI is InChI=1S/C30H42O4/c1-8-29(32,9-2)19-18-25-12-13-27(20-22(25)5)30(10-3,11-4)26-14-16-28(17-15-26)33-21-23(6)34-24(7)31/h12-20,23,32H,8-11,21H2,1-7H3/b19-18+. The fraction of sp³-hybridized carbons (Fsp3) is 0.500. The molecule has 4 nitrogen and oxygen atoms in total. The number of rotatable bonds is 12. The Morgan fingerprint density at radius 1 is 0.971 bits per heavy atom. The SMILES string of the molecule is CCC(O)(/C=C/c1ccc(C(CC)(CC)c2ccc(OCC(C)OC(C)=O)cc2)cc1C)CC. The third-order valence-corrected chi connectivity index (χ3v) is 7.09. The molecule has 0 radical (unpaired) electrons. The molecule has 1 N–H and O–H groups in total. The van der Waals surface area contributed by atoms with Crippen LogP contribution in [-0.4, -0.2) is 29.4 Å². The Morgan fingerprint density at radius 2 is 1.56 bits per heavy atom. The molecule has 0 aliphatic rings. The van der Waals surface area contributed by atoms with E-state index in [2.05, 4.69) is 57.2 Å². The molecule has 1 unspecified atom stereocenters. The van der Waals surface area contributed by atoms with Gasteiger partial charge in [-0.1, -0.05) is 70.2 Å². The second kappa shape index (κ2) is 12.2. The molecule has 4 heteroatoms. The smallest absolute Gasteiger partial charge is 0.303 e. The van der Waals surface area contributed by atoms with E-state index in [1.807, 2.05) is 39.0 Å². The lowest BCUT2D eigenvalue weighted by molar-refractivity contribution is -0.146. The summed E-state index contributed by atoms with van der Waals surface area (Å²) >= 11 is 0. The van der Waals surface area contributed by atoms with Gasteiger partial charge in [0.1, 0.15) is 18.5 Å². The topological polar surface area (TPSA) is 55.8 Å². The number of aliphatic hydroxyl groups is 1. The summed E-state index contributed by atoms with van der Waals surface area (Å²) < 4.78 is 10.9. The highest BCUT2D eigenvalue weighted by atomic mass is 16.6. The van der Waals surface area contributed by atoms with Crippen molar-refractivity contribution in [2.75, 3.05) is 6.61 Å². The van der Waals surface area contributed by atoms with Gasteiger partial charge in [-0.3, -0.25) is 4.79 Å². The molecule has 186 valence electrons. The number of hydrogen-bond acceptors (Lipinski definition) is 4. The maximum atomic E-state index is 11.1. The maximum Gasteiger partial charge on any atom is 0.303 e. The summed E-state index contributed by atoms with van der Waals surface area (Å²) in [6.45, 7) is 14.2. The molecular formula is C30H42O4. The van der Waals surface area contributed by atoms with Gasteiger partial charge in [0.05, 0.1) is 5.60 Å². The minimum Gasteiger partial charge on any atom is -0.490 e. The van der Waals surface area contributed by atoms with Crippen molar-refractivity contribution >= 4 is 12.0 Å². The van der Waals surface area contributed by atoms with E-state index in [0.717, 1.165) is 24.2 Å². The first-order valence-corrected chi connectivity index (χ1v) is 12.6. The van der Waals surface area contributed by atoms with Gasteiger partial charge in [-0.25, -0.2) is 0 Å². The molecule has 0 bridgehead atoms. The van der Waals surface area contributed by atoms with Gasteiger partial charge in [-0.2, -0.15) is 0 Å². The van der Waals surface area contributed by atoms with Crippen molar-refractivity contribution in [3.63, 3.8) is 0 Å². The van der Waals surface area contributed by atoms with Gasteiger partial charge in [0, 0.05) is 12.3 Å². The minimum atomic E-state index is -0.749. The van der Waals surface area contributed by atoms with Crippen molar-refractivity contribution < 1.29 is 19.4 Å². The molecule has 2 aromatic carbocycles. The number of carbonyl (C=O) groups excluding carboxylic acids is 1. The highest BCUT2D eigenvalue weighted by Gasteiger charge is 2.31. The van der Waals surface area contributed by atoms with E-state index in [1.54, 1.807) is 0 Å². The predicted molar refractivity (Wildman–Crippen MR) is 140 cm³/mol. The van der Waals surface area contributed by atoms with Gasteiger partial charge in [0.15, 0.2) is 0 Å². The number of esters is 1. The Balaban J connectivity index is 2.28. The van der Waals surface area contributed by atoms with Crippen LogP contribution < -0.4 is 4.74 Å². The molecule has 34 heavy (non-hydrogen) atoms. The van der Waals surface area contributed by atoms with E-state index in [4.69, 9.17) is 9.47 Å². The van der Waals surface area contributed by atoms with Gasteiger partial charge in [0.2, 0.25) is 0 Å². The van der Waals surface area contributed by atoms with Crippen LogP contribution in [0.15, 0.2) is 48.5 Å². The predicted octanol–water partition coefficient (Wildman–Crippen LogP) is 7.00. The molecule has 0 saturated heterocycles. The van der Waals surface area contributed by atoms with Gasteiger partial charge in [0.25, 0.3) is 0 Å². The van der Waals surface area contributed by atoms with Crippen molar-refractivity contribution in [2.24, 2.45) is 0 Å². The zero-order valence-corrected chi connectivity index (χ0v) is 22.0. The van der Waals surface area contributed by atoms with E-state index in [1.165, 1.54) is 23.6 Å². The van der Waals surface area contributed by atoms with E-state index in [-0.39, 0.29) is 17.5 Å². The second-order valence-corrected chi connectivity index (χ2v) is 9.26. The van der Waals surface area contributed by atoms with Crippen molar-refractivity contribution in [1.82, 2.24) is 0 Å². The molecule has 2 aromatic rings. The van der Waals surface area contributed by atoms with Crippen molar-refractivity contribution in [2.45, 2.75) is 91.3 Å². The van der Waals surface area contributed by atoms with Crippen LogP contribution in [0.25, 0.3) is 6.08 Å². The molecular weight excluding hydrogens is 424 g/mol. The van der Waals surface area contributed by atoms with E-state index in [9.17, 15) is 9.90 Å². The zero-order chi connectivity index (χ0) is 25.4. The lowest BCUT2D eigenvalue weighted by Gasteiger charge is -2.34. The molecule has 0 saturated carbocycles. The van der Waals surface area contributed by atoms with Gasteiger partial charge in [-0.15, -0.1) is 0 Å². The first-order chi connectivity index (χ1) is 16.1. The summed E-state index contributed by atoms with van der Waals surface area (Å²) in [5, 5.41) is 10.6. The number of ether oxygens (including phenoxy) is 2. The van der Waals surface area contributed by atoms with Crippen LogP contribution in [0.3, 0.4) is 0 Å². The highest BCUT2D eigenvalue weighted by molar-refractivity contribution is 5.66. The summed E-state index contributed by atoms with van der Waals surface area (Å²) in [4.78, 5) is 11.1. The van der Waals surface area contributed by atoms with Gasteiger partial charge < -0.3 is 14.6 Å². The van der Waals surface area contributed by atoms with E-state index in [0.29, 0.717) is 19.4 Å². The monoisotopic (exact) mass is 466 g/mol. The summed E-state index contributed by atoms with van der Waals surface area (Å²) in [5.74, 6) is 0.463. The van der Waals surface area contributed by atoms with E-state index < -0.39 is 5.60 Å². The summed E-state index contributed by atoms with van der Waals surface area (Å²) in [7, 11) is 0. The Bertz CT molecular complexity index is 950. The normalized spacial score (nSPS) is 13.2. The minimum absolute atomic E-state index is 0.0931. The van der Waals surface area contributed by atoms with Crippen LogP contribution >= 0.6 is 0 Å². The molecule has 0 aliphatic carbocycles. The molecule has 0 amide bonds. The number of aryl methyl sites for hydroxylation is 1. The molecule has 0 spiro atoms. The molecule has 2 rings (SSSR count). The Morgan fingerprint density at radius 3 is 2.06 bits per heavy atom. The fourth-order valence-corrected chi connectivity index (χ4v) is 4.53. The molecule has 0 aliphatic heterocycles. The first-order valence-electron chi connectivity index (χ1n) is 12.6. The highest BCUT2D eigenvalue weighted by Crippen LogP contribution is 2.40. The summed E-state index contributed by atoms with van der Waals surface area (Å²) in [5.41, 5.74) is 4.05. The van der Waals surface area contributed by atoms with E-state index >= 15 is 0 Å². The van der Waals surface area contributed by atoms with Crippen molar-refractivity contribution in [3.8, 4) is 5.75 Å². The Labute approximate surface area is 206 Å². The average Bonchev–Trinajstić information content (AvgIpc) is 2.83. The number of hydrogen-bond donors (Lipinski definition) is 1. The maximum absolute atomic E-state index is 11.1. The summed E-state index contributed by atoms with van der Waals surface area (Å²) in [6.07, 6.45) is 7.06. The largest absolute Gasteiger partial charge is 0.490 e. The Hall–Kier alpha value is -2.59. The number of benzene rings is 2. The van der Waals surface area contributed by atoms with Gasteiger partial charge >= 0.3 is 5.97 Å². The lowest BCUT2D eigenvalue weighted by Crippen LogP contribution is -2.26. The van der Waals surface area contributed by atoms with Gasteiger partial charge in [-0.05, 0) is 73.9 Å². The molecule has 0 heterocycles. The van der Waals surface area contributed by atoms with Crippen LogP contribution in [0.5, 0.6) is 5.75 Å². The summed E-state index contributed by atoms with van der Waals surface area (Å²) in [6, 6.07) is 15.0. The average molecular weight is 467 g/mol. The van der Waals surface area contributed by atoms with Crippen LogP contribution in [-0.2, 0) is 14.9 Å². The second-order valence-electron chi connectivity index (χ2n) is 9.26. The third-order valence-electron chi connectivity index (χ3n) is 7.09. The molecule has 0 fully saturated rings. The van der Waals surface area contributed by atoms with Crippen molar-refractivity contribution in [1.29, 1.82) is 0 Å². The van der Waals surface area contributed by atoms with Crippen LogP contribution in [0.2, 0.25) is 0 Å². The van der Waals surface area contributed by atoms with Crippen LogP contribution in [0.4, 0.5) is 0 Å². The molecule has 1 atom stereocenters. The number of carbonyl (C=O) groups is 1. The molecule has 0 aromatic heterocycles. The first kappa shape index (κ1) is 27.7. The van der Waals surface area contributed by atoms with Crippen LogP contribution in [0.1, 0.15) is 89.5 Å². The Kier molecular flexibility index (Phi) is 9.93. The van der Waals surface area contributed by atoms with Crippen molar-refractivity contribution in [3.05, 3.63) is 70.8 Å². The quantitative estimate of drug-likeness (QED) is 0.342. The van der Waals surface area contributed by atoms with Crippen LogP contribution in [0, 0.1) is 6.92 Å². The zero-order valence-electron chi connectivity index (χ0n) is 22.0. The third kappa shape index (κ3) is 6.73. The fourth-order valence-electron chi connectivity index (χ4n) is 4.53.